The topological polar surface area (TPSA) is 67.2 Å². The van der Waals surface area contributed by atoms with Gasteiger partial charge in [-0.1, -0.05) is 19.1 Å². The lowest BCUT2D eigenvalue weighted by Gasteiger charge is -2.10. The van der Waals surface area contributed by atoms with Crippen LogP contribution < -0.4 is 10.6 Å². The SMILES string of the molecule is CNCC(C)C(=O)NCc1ccc(-c2nc3ccccc3s2)o1.Cl. The number of thiazole rings is 1. The number of aromatic nitrogens is 1. The number of benzene rings is 1. The Morgan fingerprint density at radius 2 is 2.08 bits per heavy atom. The van der Waals surface area contributed by atoms with Gasteiger partial charge in [0.25, 0.3) is 0 Å². The van der Waals surface area contributed by atoms with Gasteiger partial charge < -0.3 is 15.1 Å². The summed E-state index contributed by atoms with van der Waals surface area (Å²) in [4.78, 5) is 16.5. The van der Waals surface area contributed by atoms with E-state index in [0.29, 0.717) is 13.1 Å². The van der Waals surface area contributed by atoms with Crippen molar-refractivity contribution in [1.29, 1.82) is 0 Å². The summed E-state index contributed by atoms with van der Waals surface area (Å²) in [6.45, 7) is 2.93. The second kappa shape index (κ2) is 8.28. The number of nitrogens with one attached hydrogen (secondary N) is 2. The predicted octanol–water partition coefficient (Wildman–Crippen LogP) is 3.45. The molecule has 2 aromatic heterocycles. The van der Waals surface area contributed by atoms with Crippen LogP contribution in [0.1, 0.15) is 12.7 Å². The normalized spacial score (nSPS) is 11.9. The van der Waals surface area contributed by atoms with Gasteiger partial charge in [-0.2, -0.15) is 0 Å². The molecule has 0 aliphatic heterocycles. The minimum absolute atomic E-state index is 0. The van der Waals surface area contributed by atoms with Crippen molar-refractivity contribution < 1.29 is 9.21 Å². The average Bonchev–Trinajstić information content (AvgIpc) is 3.19. The summed E-state index contributed by atoms with van der Waals surface area (Å²) in [5.74, 6) is 1.40. The third kappa shape index (κ3) is 4.14. The number of rotatable bonds is 6. The molecule has 0 aliphatic rings. The van der Waals surface area contributed by atoms with Gasteiger partial charge in [-0.3, -0.25) is 4.79 Å². The molecule has 1 unspecified atom stereocenters. The van der Waals surface area contributed by atoms with Gasteiger partial charge in [0.2, 0.25) is 5.91 Å². The molecule has 0 saturated carbocycles. The zero-order chi connectivity index (χ0) is 16.2. The molecule has 2 N–H and O–H groups in total. The van der Waals surface area contributed by atoms with Gasteiger partial charge in [0.1, 0.15) is 5.76 Å². The summed E-state index contributed by atoms with van der Waals surface area (Å²) in [5.41, 5.74) is 0.972. The first kappa shape index (κ1) is 18.4. The molecule has 5 nitrogen and oxygen atoms in total. The molecule has 0 spiro atoms. The molecule has 1 amide bonds. The molecule has 3 rings (SSSR count). The van der Waals surface area contributed by atoms with Crippen molar-refractivity contribution in [3.05, 3.63) is 42.2 Å². The Morgan fingerprint density at radius 1 is 1.29 bits per heavy atom. The minimum Gasteiger partial charge on any atom is -0.457 e. The van der Waals surface area contributed by atoms with Gasteiger partial charge in [0.05, 0.1) is 16.8 Å². The Hall–Kier alpha value is -1.89. The van der Waals surface area contributed by atoms with Crippen LogP contribution in [0.25, 0.3) is 21.0 Å². The Balaban J connectivity index is 0.00000208. The molecule has 0 saturated heterocycles. The Kier molecular flexibility index (Phi) is 6.36. The van der Waals surface area contributed by atoms with E-state index in [0.717, 1.165) is 26.7 Å². The average molecular weight is 366 g/mol. The molecule has 0 radical (unpaired) electrons. The van der Waals surface area contributed by atoms with Crippen molar-refractivity contribution in [2.75, 3.05) is 13.6 Å². The zero-order valence-electron chi connectivity index (χ0n) is 13.5. The highest BCUT2D eigenvalue weighted by molar-refractivity contribution is 7.21. The molecule has 24 heavy (non-hydrogen) atoms. The molecule has 0 aliphatic carbocycles. The second-order valence-corrected chi connectivity index (χ2v) is 6.46. The fourth-order valence-electron chi connectivity index (χ4n) is 2.31. The van der Waals surface area contributed by atoms with Crippen LogP contribution in [0.2, 0.25) is 0 Å². The lowest BCUT2D eigenvalue weighted by atomic mass is 10.1. The fraction of sp³-hybridized carbons (Fsp3) is 0.294. The monoisotopic (exact) mass is 365 g/mol. The van der Waals surface area contributed by atoms with E-state index in [-0.39, 0.29) is 24.2 Å². The number of fused-ring (bicyclic) bond motifs is 1. The molecule has 1 aromatic carbocycles. The highest BCUT2D eigenvalue weighted by Crippen LogP contribution is 2.31. The quantitative estimate of drug-likeness (QED) is 0.702. The number of hydrogen-bond acceptors (Lipinski definition) is 5. The minimum atomic E-state index is -0.0707. The van der Waals surface area contributed by atoms with E-state index in [1.165, 1.54) is 0 Å². The first-order chi connectivity index (χ1) is 11.2. The number of hydrogen-bond donors (Lipinski definition) is 2. The first-order valence-electron chi connectivity index (χ1n) is 7.54. The van der Waals surface area contributed by atoms with E-state index in [1.54, 1.807) is 11.3 Å². The highest BCUT2D eigenvalue weighted by Gasteiger charge is 2.13. The second-order valence-electron chi connectivity index (χ2n) is 5.43. The number of halogens is 1. The molecule has 0 bridgehead atoms. The van der Waals surface area contributed by atoms with Crippen molar-refractivity contribution in [2.24, 2.45) is 5.92 Å². The van der Waals surface area contributed by atoms with Gasteiger partial charge in [0, 0.05) is 12.5 Å². The molecule has 7 heteroatoms. The number of furan rings is 1. The molecule has 2 heterocycles. The van der Waals surface area contributed by atoms with Gasteiger partial charge in [0.15, 0.2) is 10.8 Å². The smallest absolute Gasteiger partial charge is 0.224 e. The van der Waals surface area contributed by atoms with Crippen LogP contribution in [-0.2, 0) is 11.3 Å². The van der Waals surface area contributed by atoms with E-state index in [9.17, 15) is 4.79 Å². The van der Waals surface area contributed by atoms with E-state index in [2.05, 4.69) is 15.6 Å². The zero-order valence-corrected chi connectivity index (χ0v) is 15.2. The van der Waals surface area contributed by atoms with Crippen molar-refractivity contribution in [1.82, 2.24) is 15.6 Å². The maximum absolute atomic E-state index is 11.9. The van der Waals surface area contributed by atoms with Crippen LogP contribution >= 0.6 is 23.7 Å². The summed E-state index contributed by atoms with van der Waals surface area (Å²) in [5, 5.41) is 6.73. The van der Waals surface area contributed by atoms with Crippen molar-refractivity contribution >= 4 is 39.9 Å². The predicted molar refractivity (Wildman–Crippen MR) is 99.5 cm³/mol. The molecule has 3 aromatic rings. The third-order valence-corrected chi connectivity index (χ3v) is 4.61. The number of carbonyl (C=O) groups excluding carboxylic acids is 1. The van der Waals surface area contributed by atoms with E-state index >= 15 is 0 Å². The molecule has 1 atom stereocenters. The van der Waals surface area contributed by atoms with Gasteiger partial charge in [-0.15, -0.1) is 23.7 Å². The van der Waals surface area contributed by atoms with Crippen LogP contribution in [0.4, 0.5) is 0 Å². The summed E-state index contributed by atoms with van der Waals surface area (Å²) in [7, 11) is 1.83. The van der Waals surface area contributed by atoms with Crippen LogP contribution in [-0.4, -0.2) is 24.5 Å². The van der Waals surface area contributed by atoms with Crippen LogP contribution in [0, 0.1) is 5.92 Å². The van der Waals surface area contributed by atoms with Crippen LogP contribution in [0.5, 0.6) is 0 Å². The van der Waals surface area contributed by atoms with E-state index < -0.39 is 0 Å². The van der Waals surface area contributed by atoms with Crippen LogP contribution in [0.3, 0.4) is 0 Å². The van der Waals surface area contributed by atoms with Gasteiger partial charge in [-0.05, 0) is 31.3 Å². The summed E-state index contributed by atoms with van der Waals surface area (Å²) in [6.07, 6.45) is 0. The maximum Gasteiger partial charge on any atom is 0.224 e. The third-order valence-electron chi connectivity index (χ3n) is 3.56. The van der Waals surface area contributed by atoms with Crippen molar-refractivity contribution in [2.45, 2.75) is 13.5 Å². The summed E-state index contributed by atoms with van der Waals surface area (Å²) >= 11 is 1.60. The fourth-order valence-corrected chi connectivity index (χ4v) is 3.24. The largest absolute Gasteiger partial charge is 0.457 e. The standard InChI is InChI=1S/C17H19N3O2S.ClH/c1-11(9-18-2)16(21)19-10-12-7-8-14(22-12)17-20-13-5-3-4-6-15(13)23-17;/h3-8,11,18H,9-10H2,1-2H3,(H,19,21);1H. The molecule has 0 fully saturated rings. The Morgan fingerprint density at radius 3 is 2.83 bits per heavy atom. The first-order valence-corrected chi connectivity index (χ1v) is 8.36. The van der Waals surface area contributed by atoms with Gasteiger partial charge >= 0.3 is 0 Å². The number of nitrogens with zero attached hydrogens (tertiary/aromatic N) is 1. The van der Waals surface area contributed by atoms with E-state index in [1.807, 2.05) is 50.4 Å². The molecular weight excluding hydrogens is 346 g/mol. The van der Waals surface area contributed by atoms with Crippen molar-refractivity contribution in [3.63, 3.8) is 0 Å². The molecular formula is C17H20ClN3O2S. The molecule has 128 valence electrons. The Labute approximate surface area is 150 Å². The van der Waals surface area contributed by atoms with E-state index in [4.69, 9.17) is 4.42 Å². The number of amides is 1. The lowest BCUT2D eigenvalue weighted by Crippen LogP contribution is -2.33. The highest BCUT2D eigenvalue weighted by atomic mass is 35.5. The number of para-hydroxylation sites is 1. The maximum atomic E-state index is 11.9. The number of carbonyl (C=O) groups is 1. The summed E-state index contributed by atoms with van der Waals surface area (Å²) < 4.78 is 6.94. The van der Waals surface area contributed by atoms with Gasteiger partial charge in [-0.25, -0.2) is 4.98 Å². The van der Waals surface area contributed by atoms with Crippen molar-refractivity contribution in [3.8, 4) is 10.8 Å². The lowest BCUT2D eigenvalue weighted by molar-refractivity contribution is -0.124. The van der Waals surface area contributed by atoms with Crippen LogP contribution in [0.15, 0.2) is 40.8 Å². The Bertz CT molecular complexity index is 782. The summed E-state index contributed by atoms with van der Waals surface area (Å²) in [6, 6.07) is 11.8.